The van der Waals surface area contributed by atoms with Gasteiger partial charge in [0.25, 0.3) is 0 Å². The van der Waals surface area contributed by atoms with Gasteiger partial charge in [0.1, 0.15) is 17.1 Å². The van der Waals surface area contributed by atoms with E-state index in [2.05, 4.69) is 32.1 Å². The highest BCUT2D eigenvalue weighted by Crippen LogP contribution is 2.37. The minimum Gasteiger partial charge on any atom is -0.496 e. The summed E-state index contributed by atoms with van der Waals surface area (Å²) in [5, 5.41) is 3.34. The maximum atomic E-state index is 13.9. The molecule has 6 rings (SSSR count). The summed E-state index contributed by atoms with van der Waals surface area (Å²) in [4.78, 5) is 40.6. The Morgan fingerprint density at radius 2 is 1.70 bits per heavy atom. The van der Waals surface area contributed by atoms with E-state index in [1.54, 1.807) is 57.9 Å². The molecule has 0 saturated heterocycles. The lowest BCUT2D eigenvalue weighted by atomic mass is 9.83. The third-order valence-corrected chi connectivity index (χ3v) is 8.14. The topological polar surface area (TPSA) is 117 Å². The number of methoxy groups -OCH3 is 1. The molecule has 50 heavy (non-hydrogen) atoms. The number of aryl methyl sites for hydroxylation is 1. The first-order chi connectivity index (χ1) is 24.4. The number of nitrogens with zero attached hydrogens (tertiary/aromatic N) is 4. The normalized spacial score (nSPS) is 14.3. The molecule has 10 heteroatoms. The van der Waals surface area contributed by atoms with Crippen LogP contribution in [0.5, 0.6) is 5.75 Å². The van der Waals surface area contributed by atoms with Gasteiger partial charge in [0.15, 0.2) is 6.61 Å². The molecule has 1 unspecified atom stereocenters. The number of ether oxygens (including phenoxy) is 3. The van der Waals surface area contributed by atoms with Crippen molar-refractivity contribution in [3.05, 3.63) is 137 Å². The summed E-state index contributed by atoms with van der Waals surface area (Å²) in [6.07, 6.45) is 10.4. The highest BCUT2D eigenvalue weighted by atomic mass is 16.5. The second kappa shape index (κ2) is 15.2. The molecule has 2 aromatic carbocycles. The van der Waals surface area contributed by atoms with E-state index in [0.717, 1.165) is 33.7 Å². The summed E-state index contributed by atoms with van der Waals surface area (Å²) in [6.45, 7) is 5.46. The van der Waals surface area contributed by atoms with Crippen molar-refractivity contribution in [2.75, 3.05) is 20.3 Å². The van der Waals surface area contributed by atoms with Gasteiger partial charge in [-0.25, -0.2) is 14.6 Å². The summed E-state index contributed by atoms with van der Waals surface area (Å²) < 4.78 is 18.9. The maximum absolute atomic E-state index is 13.9. The standard InChI is InChI=1S/C40H35N5O5/c1-5-49-40(47)37-32(19-16-29-12-6-7-13-35(29)48-4)36(39(46)50-23-9-11-28-10-8-21-41-24-28)26(2)43-38(37)30-14-17-31(18-15-30)45-27(3)44-33-25-42-22-20-34(33)45/h6-8,10,12-22,24-25,32,43H,5,23H2,1-4H3/b19-16+. The zero-order valence-electron chi connectivity index (χ0n) is 28.1. The van der Waals surface area contributed by atoms with Crippen molar-refractivity contribution in [2.45, 2.75) is 20.8 Å². The van der Waals surface area contributed by atoms with Crippen LogP contribution in [0.15, 0.2) is 114 Å². The van der Waals surface area contributed by atoms with Crippen molar-refractivity contribution >= 4 is 34.7 Å². The molecule has 0 radical (unpaired) electrons. The first kappa shape index (κ1) is 33.4. The molecule has 0 saturated carbocycles. The minimum atomic E-state index is -0.832. The van der Waals surface area contributed by atoms with E-state index in [1.165, 1.54) is 0 Å². The third-order valence-electron chi connectivity index (χ3n) is 8.14. The number of allylic oxidation sites excluding steroid dienone is 2. The van der Waals surface area contributed by atoms with Crippen LogP contribution in [0.2, 0.25) is 0 Å². The predicted octanol–water partition coefficient (Wildman–Crippen LogP) is 6.21. The molecule has 10 nitrogen and oxygen atoms in total. The molecule has 3 aromatic heterocycles. The van der Waals surface area contributed by atoms with E-state index in [9.17, 15) is 9.59 Å². The van der Waals surface area contributed by atoms with Crippen molar-refractivity contribution in [1.82, 2.24) is 24.8 Å². The number of dihydropyridines is 1. The number of fused-ring (bicyclic) bond motifs is 1. The van der Waals surface area contributed by atoms with Crippen LogP contribution in [0.4, 0.5) is 0 Å². The van der Waals surface area contributed by atoms with Crippen LogP contribution in [-0.2, 0) is 19.1 Å². The van der Waals surface area contributed by atoms with Gasteiger partial charge in [0.2, 0.25) is 0 Å². The second-order valence-electron chi connectivity index (χ2n) is 11.3. The quantitative estimate of drug-likeness (QED) is 0.145. The predicted molar refractivity (Wildman–Crippen MR) is 191 cm³/mol. The van der Waals surface area contributed by atoms with E-state index >= 15 is 0 Å². The smallest absolute Gasteiger partial charge is 0.337 e. The molecule has 0 fully saturated rings. The first-order valence-electron chi connectivity index (χ1n) is 16.1. The number of carbonyl (C=O) groups is 2. The fourth-order valence-electron chi connectivity index (χ4n) is 5.91. The van der Waals surface area contributed by atoms with Crippen LogP contribution in [-0.4, -0.2) is 51.8 Å². The molecule has 1 atom stereocenters. The molecule has 0 bridgehead atoms. The number of hydrogen-bond donors (Lipinski definition) is 1. The summed E-state index contributed by atoms with van der Waals surface area (Å²) in [6, 6.07) is 20.8. The van der Waals surface area contributed by atoms with Crippen molar-refractivity contribution in [3.8, 4) is 23.3 Å². The Bertz CT molecular complexity index is 2210. The Kier molecular flexibility index (Phi) is 10.1. The number of rotatable bonds is 9. The van der Waals surface area contributed by atoms with Crippen molar-refractivity contribution in [3.63, 3.8) is 0 Å². The Morgan fingerprint density at radius 1 is 0.920 bits per heavy atom. The molecule has 0 aliphatic carbocycles. The third kappa shape index (κ3) is 7.03. The van der Waals surface area contributed by atoms with Crippen molar-refractivity contribution in [2.24, 2.45) is 5.92 Å². The van der Waals surface area contributed by atoms with Gasteiger partial charge in [0.05, 0.1) is 42.3 Å². The lowest BCUT2D eigenvalue weighted by molar-refractivity contribution is -0.139. The number of hydrogen-bond acceptors (Lipinski definition) is 9. The minimum absolute atomic E-state index is 0.145. The van der Waals surface area contributed by atoms with Gasteiger partial charge < -0.3 is 19.5 Å². The molecule has 1 aliphatic heterocycles. The number of aromatic nitrogens is 4. The average molecular weight is 666 g/mol. The Morgan fingerprint density at radius 3 is 2.46 bits per heavy atom. The van der Waals surface area contributed by atoms with E-state index in [-0.39, 0.29) is 24.4 Å². The molecular formula is C40H35N5O5. The number of imidazole rings is 1. The Labute approximate surface area is 290 Å². The highest BCUT2D eigenvalue weighted by Gasteiger charge is 2.37. The van der Waals surface area contributed by atoms with Gasteiger partial charge in [-0.15, -0.1) is 0 Å². The first-order valence-corrected chi connectivity index (χ1v) is 16.1. The van der Waals surface area contributed by atoms with Crippen LogP contribution >= 0.6 is 0 Å². The SMILES string of the molecule is CCOC(=O)C1=C(c2ccc(-n3c(C)nc4cnccc43)cc2)NC(C)=C(C(=O)OCC#Cc2cccnc2)C1/C=C/c1ccccc1OC. The molecule has 5 aromatic rings. The molecule has 4 heterocycles. The fourth-order valence-corrected chi connectivity index (χ4v) is 5.91. The molecule has 1 N–H and O–H groups in total. The lowest BCUT2D eigenvalue weighted by Crippen LogP contribution is -2.33. The monoisotopic (exact) mass is 665 g/mol. The average Bonchev–Trinajstić information content (AvgIpc) is 3.48. The van der Waals surface area contributed by atoms with Gasteiger partial charge in [0, 0.05) is 47.0 Å². The number of pyridine rings is 2. The van der Waals surface area contributed by atoms with Crippen LogP contribution in [0, 0.1) is 24.7 Å². The molecule has 0 spiro atoms. The van der Waals surface area contributed by atoms with E-state index in [1.807, 2.05) is 78.2 Å². The Balaban J connectivity index is 1.41. The van der Waals surface area contributed by atoms with E-state index in [0.29, 0.717) is 22.7 Å². The summed E-state index contributed by atoms with van der Waals surface area (Å²) in [7, 11) is 1.59. The van der Waals surface area contributed by atoms with Gasteiger partial charge in [-0.05, 0) is 62.7 Å². The second-order valence-corrected chi connectivity index (χ2v) is 11.3. The molecule has 250 valence electrons. The molecule has 1 aliphatic rings. The number of esters is 2. The van der Waals surface area contributed by atoms with Crippen LogP contribution in [0.1, 0.15) is 36.4 Å². The van der Waals surface area contributed by atoms with E-state index in [4.69, 9.17) is 14.2 Å². The van der Waals surface area contributed by atoms with Gasteiger partial charge in [-0.1, -0.05) is 54.3 Å². The van der Waals surface area contributed by atoms with Crippen molar-refractivity contribution < 1.29 is 23.8 Å². The fraction of sp³-hybridized carbons (Fsp3) is 0.175. The van der Waals surface area contributed by atoms with Gasteiger partial charge in [-0.2, -0.15) is 0 Å². The van der Waals surface area contributed by atoms with Crippen LogP contribution < -0.4 is 10.1 Å². The number of para-hydroxylation sites is 1. The van der Waals surface area contributed by atoms with Crippen LogP contribution in [0.3, 0.4) is 0 Å². The number of nitrogens with one attached hydrogen (secondary N) is 1. The van der Waals surface area contributed by atoms with Gasteiger partial charge >= 0.3 is 11.9 Å². The zero-order valence-corrected chi connectivity index (χ0v) is 28.1. The zero-order chi connectivity index (χ0) is 35.0. The number of benzene rings is 2. The number of carbonyl (C=O) groups excluding carboxylic acids is 2. The van der Waals surface area contributed by atoms with Gasteiger partial charge in [-0.3, -0.25) is 14.5 Å². The van der Waals surface area contributed by atoms with Crippen molar-refractivity contribution in [1.29, 1.82) is 0 Å². The molecular weight excluding hydrogens is 630 g/mol. The largest absolute Gasteiger partial charge is 0.496 e. The van der Waals surface area contributed by atoms with Crippen LogP contribution in [0.25, 0.3) is 28.5 Å². The molecule has 0 amide bonds. The summed E-state index contributed by atoms with van der Waals surface area (Å²) in [5.74, 6) is 5.26. The highest BCUT2D eigenvalue weighted by molar-refractivity contribution is 6.04. The lowest BCUT2D eigenvalue weighted by Gasteiger charge is -2.30. The Hall–Kier alpha value is -6.47. The summed E-state index contributed by atoms with van der Waals surface area (Å²) in [5.41, 5.74) is 6.39. The van der Waals surface area contributed by atoms with E-state index < -0.39 is 17.9 Å². The summed E-state index contributed by atoms with van der Waals surface area (Å²) >= 11 is 0. The maximum Gasteiger partial charge on any atom is 0.337 e.